The van der Waals surface area contributed by atoms with Gasteiger partial charge in [0.2, 0.25) is 5.78 Å². The van der Waals surface area contributed by atoms with Gasteiger partial charge >= 0.3 is 0 Å². The van der Waals surface area contributed by atoms with Gasteiger partial charge in [-0.2, -0.15) is 5.10 Å². The first-order valence-corrected chi connectivity index (χ1v) is 7.17. The van der Waals surface area contributed by atoms with Crippen molar-refractivity contribution in [2.75, 3.05) is 7.11 Å². The van der Waals surface area contributed by atoms with Gasteiger partial charge in [0.05, 0.1) is 13.3 Å². The first kappa shape index (κ1) is 14.8. The van der Waals surface area contributed by atoms with Crippen LogP contribution in [0.1, 0.15) is 41.5 Å². The lowest BCUT2D eigenvalue weighted by atomic mass is 10.1. The molecule has 0 bridgehead atoms. The van der Waals surface area contributed by atoms with Crippen molar-refractivity contribution in [3.05, 3.63) is 45.7 Å². The molecule has 4 nitrogen and oxygen atoms in total. The van der Waals surface area contributed by atoms with Gasteiger partial charge in [0.1, 0.15) is 0 Å². The van der Waals surface area contributed by atoms with Gasteiger partial charge in [-0.05, 0) is 38.5 Å². The molecule has 0 atom stereocenters. The molecule has 0 amide bonds. The van der Waals surface area contributed by atoms with Crippen molar-refractivity contribution >= 4 is 21.7 Å². The summed E-state index contributed by atoms with van der Waals surface area (Å²) in [5, 5.41) is 4.24. The van der Waals surface area contributed by atoms with Gasteiger partial charge in [0.25, 0.3) is 0 Å². The largest absolute Gasteiger partial charge is 0.493 e. The molecule has 106 valence electrons. The quantitative estimate of drug-likeness (QED) is 0.798. The van der Waals surface area contributed by atoms with E-state index in [0.717, 1.165) is 10.0 Å². The standard InChI is InChI=1S/C15H17BrN2O2/c1-9(2)18-14(13(20-4)8-17-18)15(19)11-6-5-10(3)7-12(11)16/h5-9H,1-4H3. The Labute approximate surface area is 126 Å². The zero-order chi connectivity index (χ0) is 14.9. The zero-order valence-electron chi connectivity index (χ0n) is 12.0. The number of carbonyl (C=O) groups is 1. The van der Waals surface area contributed by atoms with Crippen LogP contribution in [0.5, 0.6) is 5.75 Å². The maximum Gasteiger partial charge on any atom is 0.215 e. The Kier molecular flexibility index (Phi) is 4.28. The topological polar surface area (TPSA) is 44.1 Å². The van der Waals surface area contributed by atoms with Crippen LogP contribution in [0.15, 0.2) is 28.9 Å². The highest BCUT2D eigenvalue weighted by atomic mass is 79.9. The number of ether oxygens (including phenoxy) is 1. The summed E-state index contributed by atoms with van der Waals surface area (Å²) in [5.41, 5.74) is 2.18. The summed E-state index contributed by atoms with van der Waals surface area (Å²) in [7, 11) is 1.54. The van der Waals surface area contributed by atoms with Gasteiger partial charge < -0.3 is 4.74 Å². The van der Waals surface area contributed by atoms with Crippen molar-refractivity contribution in [2.24, 2.45) is 0 Å². The summed E-state index contributed by atoms with van der Waals surface area (Å²) in [6, 6.07) is 5.75. The van der Waals surface area contributed by atoms with Gasteiger partial charge in [-0.15, -0.1) is 0 Å². The third-order valence-electron chi connectivity index (χ3n) is 3.06. The number of benzene rings is 1. The summed E-state index contributed by atoms with van der Waals surface area (Å²) in [6.45, 7) is 5.94. The van der Waals surface area contributed by atoms with E-state index in [9.17, 15) is 4.79 Å². The molecule has 0 saturated heterocycles. The Morgan fingerprint density at radius 2 is 2.10 bits per heavy atom. The molecule has 0 saturated carbocycles. The highest BCUT2D eigenvalue weighted by Crippen LogP contribution is 2.27. The Morgan fingerprint density at radius 1 is 1.40 bits per heavy atom. The van der Waals surface area contributed by atoms with Crippen LogP contribution in [0.3, 0.4) is 0 Å². The van der Waals surface area contributed by atoms with E-state index in [-0.39, 0.29) is 11.8 Å². The molecule has 1 heterocycles. The van der Waals surface area contributed by atoms with Gasteiger partial charge in [-0.1, -0.05) is 22.0 Å². The second-order valence-electron chi connectivity index (χ2n) is 4.91. The van der Waals surface area contributed by atoms with E-state index >= 15 is 0 Å². The number of nitrogens with zero attached hydrogens (tertiary/aromatic N) is 2. The molecule has 20 heavy (non-hydrogen) atoms. The lowest BCUT2D eigenvalue weighted by Crippen LogP contribution is -2.14. The predicted octanol–water partition coefficient (Wildman–Crippen LogP) is 3.77. The average Bonchev–Trinajstić information content (AvgIpc) is 2.81. The number of rotatable bonds is 4. The molecule has 0 N–H and O–H groups in total. The van der Waals surface area contributed by atoms with Crippen molar-refractivity contribution in [3.8, 4) is 5.75 Å². The predicted molar refractivity (Wildman–Crippen MR) is 81.5 cm³/mol. The van der Waals surface area contributed by atoms with Gasteiger partial charge in [-0.3, -0.25) is 9.48 Å². The summed E-state index contributed by atoms with van der Waals surface area (Å²) in [4.78, 5) is 12.8. The molecule has 0 fully saturated rings. The zero-order valence-corrected chi connectivity index (χ0v) is 13.6. The fourth-order valence-corrected chi connectivity index (χ4v) is 2.71. The molecule has 0 aliphatic heterocycles. The van der Waals surface area contributed by atoms with Gasteiger partial charge in [0.15, 0.2) is 11.4 Å². The van der Waals surface area contributed by atoms with Gasteiger partial charge in [-0.25, -0.2) is 0 Å². The number of aryl methyl sites for hydroxylation is 1. The summed E-state index contributed by atoms with van der Waals surface area (Å²) in [6.07, 6.45) is 1.58. The molecular weight excluding hydrogens is 320 g/mol. The Balaban J connectivity index is 2.55. The highest BCUT2D eigenvalue weighted by molar-refractivity contribution is 9.10. The smallest absolute Gasteiger partial charge is 0.215 e. The number of aromatic nitrogens is 2. The third-order valence-corrected chi connectivity index (χ3v) is 3.71. The molecule has 1 aromatic carbocycles. The molecule has 0 spiro atoms. The lowest BCUT2D eigenvalue weighted by Gasteiger charge is -2.12. The number of methoxy groups -OCH3 is 1. The molecular formula is C15H17BrN2O2. The Bertz CT molecular complexity index is 647. The normalized spacial score (nSPS) is 10.9. The second-order valence-corrected chi connectivity index (χ2v) is 5.77. The van der Waals surface area contributed by atoms with E-state index < -0.39 is 0 Å². The fraction of sp³-hybridized carbons (Fsp3) is 0.333. The summed E-state index contributed by atoms with van der Waals surface area (Å²) < 4.78 is 7.73. The van der Waals surface area contributed by atoms with E-state index in [4.69, 9.17) is 4.74 Å². The number of carbonyl (C=O) groups excluding carboxylic acids is 1. The maximum atomic E-state index is 12.8. The van der Waals surface area contributed by atoms with Crippen molar-refractivity contribution < 1.29 is 9.53 Å². The minimum atomic E-state index is -0.0973. The molecule has 1 aromatic heterocycles. The Morgan fingerprint density at radius 3 is 2.65 bits per heavy atom. The highest BCUT2D eigenvalue weighted by Gasteiger charge is 2.23. The maximum absolute atomic E-state index is 12.8. The van der Waals surface area contributed by atoms with Crippen molar-refractivity contribution in [2.45, 2.75) is 26.8 Å². The molecule has 5 heteroatoms. The molecule has 0 aliphatic rings. The van der Waals surface area contributed by atoms with Crippen LogP contribution in [-0.2, 0) is 0 Å². The Hall–Kier alpha value is -1.62. The minimum absolute atomic E-state index is 0.0853. The molecule has 2 aromatic rings. The van der Waals surface area contributed by atoms with Crippen LogP contribution < -0.4 is 4.74 Å². The van der Waals surface area contributed by atoms with E-state index in [1.807, 2.05) is 39.0 Å². The van der Waals surface area contributed by atoms with Crippen molar-refractivity contribution in [1.29, 1.82) is 0 Å². The number of ketones is 1. The van der Waals surface area contributed by atoms with E-state index in [1.165, 1.54) is 0 Å². The van der Waals surface area contributed by atoms with E-state index in [0.29, 0.717) is 17.0 Å². The van der Waals surface area contributed by atoms with Crippen LogP contribution in [0, 0.1) is 6.92 Å². The SMILES string of the molecule is COc1cnn(C(C)C)c1C(=O)c1ccc(C)cc1Br. The molecule has 0 radical (unpaired) electrons. The summed E-state index contributed by atoms with van der Waals surface area (Å²) >= 11 is 3.45. The number of hydrogen-bond acceptors (Lipinski definition) is 3. The van der Waals surface area contributed by atoms with Crippen LogP contribution in [0.25, 0.3) is 0 Å². The number of halogens is 1. The third kappa shape index (κ3) is 2.63. The van der Waals surface area contributed by atoms with Crippen LogP contribution in [0.2, 0.25) is 0 Å². The van der Waals surface area contributed by atoms with Crippen molar-refractivity contribution in [3.63, 3.8) is 0 Å². The minimum Gasteiger partial charge on any atom is -0.493 e. The first-order chi connectivity index (χ1) is 9.45. The second kappa shape index (κ2) is 5.79. The molecule has 0 aliphatic carbocycles. The van der Waals surface area contributed by atoms with Crippen molar-refractivity contribution in [1.82, 2.24) is 9.78 Å². The van der Waals surface area contributed by atoms with Gasteiger partial charge in [0, 0.05) is 16.1 Å². The lowest BCUT2D eigenvalue weighted by molar-refractivity contribution is 0.102. The van der Waals surface area contributed by atoms with E-state index in [2.05, 4.69) is 21.0 Å². The average molecular weight is 337 g/mol. The van der Waals surface area contributed by atoms with E-state index in [1.54, 1.807) is 18.0 Å². The van der Waals surface area contributed by atoms with Crippen LogP contribution in [0.4, 0.5) is 0 Å². The number of hydrogen-bond donors (Lipinski definition) is 0. The first-order valence-electron chi connectivity index (χ1n) is 6.38. The monoisotopic (exact) mass is 336 g/mol. The summed E-state index contributed by atoms with van der Waals surface area (Å²) in [5.74, 6) is 0.399. The fourth-order valence-electron chi connectivity index (χ4n) is 2.04. The molecule has 2 rings (SSSR count). The van der Waals surface area contributed by atoms with Crippen LogP contribution >= 0.6 is 15.9 Å². The molecule has 0 unspecified atom stereocenters. The van der Waals surface area contributed by atoms with Crippen LogP contribution in [-0.4, -0.2) is 22.7 Å².